The molecule has 2 N–H and O–H groups in total. The van der Waals surface area contributed by atoms with Crippen LogP contribution in [0.25, 0.3) is 11.2 Å². The van der Waals surface area contributed by atoms with Gasteiger partial charge in [0.05, 0.1) is 5.52 Å². The number of fused-ring (bicyclic) bond motifs is 1. The van der Waals surface area contributed by atoms with Gasteiger partial charge in [0.15, 0.2) is 10.9 Å². The summed E-state index contributed by atoms with van der Waals surface area (Å²) in [6.45, 7) is 0. The van der Waals surface area contributed by atoms with Crippen molar-refractivity contribution in [2.45, 2.75) is 0 Å². The van der Waals surface area contributed by atoms with Gasteiger partial charge in [-0.15, -0.1) is 4.57 Å². The first-order chi connectivity index (χ1) is 8.79. The summed E-state index contributed by atoms with van der Waals surface area (Å²) < 4.78 is 1.43. The fraction of sp³-hybridized carbons (Fsp3) is 0. The van der Waals surface area contributed by atoms with Gasteiger partial charge < -0.3 is 4.98 Å². The van der Waals surface area contributed by atoms with E-state index in [-0.39, 0.29) is 5.69 Å². The van der Waals surface area contributed by atoms with Crippen molar-refractivity contribution in [2.75, 3.05) is 0 Å². The molecule has 0 fully saturated rings. The van der Waals surface area contributed by atoms with E-state index in [9.17, 15) is 4.79 Å². The van der Waals surface area contributed by atoms with Crippen molar-refractivity contribution in [2.24, 2.45) is 0 Å². The van der Waals surface area contributed by atoms with Gasteiger partial charge in [-0.25, -0.2) is 9.78 Å². The van der Waals surface area contributed by atoms with E-state index in [2.05, 4.69) is 15.0 Å². The molecule has 6 nitrogen and oxygen atoms in total. The van der Waals surface area contributed by atoms with Crippen molar-refractivity contribution in [1.29, 1.82) is 5.26 Å². The van der Waals surface area contributed by atoms with Crippen LogP contribution in [0.2, 0.25) is 0 Å². The zero-order valence-corrected chi connectivity index (χ0v) is 9.37. The molecule has 0 bridgehead atoms. The molecule has 0 radical (unpaired) electrons. The predicted molar refractivity (Wildman–Crippen MR) is 64.4 cm³/mol. The summed E-state index contributed by atoms with van der Waals surface area (Å²) in [6, 6.07) is 9.05. The fourth-order valence-corrected chi connectivity index (χ4v) is 1.33. The van der Waals surface area contributed by atoms with Gasteiger partial charge in [-0.05, 0) is 24.3 Å². The second-order valence-electron chi connectivity index (χ2n) is 3.36. The highest BCUT2D eigenvalue weighted by Gasteiger charge is 1.93. The molecule has 3 heterocycles. The van der Waals surface area contributed by atoms with Gasteiger partial charge in [-0.3, -0.25) is 4.98 Å². The fourth-order valence-electron chi connectivity index (χ4n) is 1.33. The Balaban J connectivity index is 0.000000138. The average molecular weight is 240 g/mol. The third-order valence-electron chi connectivity index (χ3n) is 2.12. The van der Waals surface area contributed by atoms with Gasteiger partial charge >= 0.3 is 11.9 Å². The van der Waals surface area contributed by atoms with Crippen molar-refractivity contribution >= 4 is 11.2 Å². The number of pyridine rings is 2. The van der Waals surface area contributed by atoms with E-state index in [0.29, 0.717) is 5.65 Å². The Labute approximate surface area is 102 Å². The van der Waals surface area contributed by atoms with Crippen LogP contribution >= 0.6 is 0 Å². The second kappa shape index (κ2) is 5.41. The third-order valence-corrected chi connectivity index (χ3v) is 2.12. The predicted octanol–water partition coefficient (Wildman–Crippen LogP) is 0.554. The number of nitriles is 1. The average Bonchev–Trinajstić information content (AvgIpc) is 2.80. The zero-order valence-electron chi connectivity index (χ0n) is 9.37. The van der Waals surface area contributed by atoms with Crippen LogP contribution in [0.3, 0.4) is 0 Å². The molecule has 6 heteroatoms. The van der Waals surface area contributed by atoms with E-state index >= 15 is 0 Å². The van der Waals surface area contributed by atoms with E-state index < -0.39 is 0 Å². The molecule has 18 heavy (non-hydrogen) atoms. The number of nitrogens with one attached hydrogen (secondary N) is 2. The Morgan fingerprint density at radius 3 is 2.56 bits per heavy atom. The number of nitrogens with zero attached hydrogens (tertiary/aromatic N) is 3. The Kier molecular flexibility index (Phi) is 3.47. The van der Waals surface area contributed by atoms with Crippen LogP contribution in [0.5, 0.6) is 0 Å². The highest BCUT2D eigenvalue weighted by molar-refractivity contribution is 5.68. The lowest BCUT2D eigenvalue weighted by Crippen LogP contribution is -2.25. The minimum absolute atomic E-state index is 0.214. The summed E-state index contributed by atoms with van der Waals surface area (Å²) in [6.07, 6.45) is 6.96. The number of hydrogen-bond donors (Lipinski definition) is 2. The highest BCUT2D eigenvalue weighted by atomic mass is 16.1. The minimum atomic E-state index is -0.214. The Hall–Kier alpha value is -2.94. The van der Waals surface area contributed by atoms with Gasteiger partial charge in [0, 0.05) is 6.20 Å². The first kappa shape index (κ1) is 11.5. The van der Waals surface area contributed by atoms with Crippen LogP contribution in [-0.2, 0) is 0 Å². The van der Waals surface area contributed by atoms with Crippen LogP contribution in [-0.4, -0.2) is 15.0 Å². The van der Waals surface area contributed by atoms with Crippen molar-refractivity contribution in [3.63, 3.8) is 0 Å². The van der Waals surface area contributed by atoms with Crippen molar-refractivity contribution in [3.05, 3.63) is 59.4 Å². The van der Waals surface area contributed by atoms with E-state index in [0.717, 1.165) is 5.52 Å². The van der Waals surface area contributed by atoms with Gasteiger partial charge in [0.25, 0.3) is 0 Å². The number of aromatic nitrogens is 4. The zero-order chi connectivity index (χ0) is 12.8. The molecule has 3 aromatic rings. The smallest absolute Gasteiger partial charge is 0.304 e. The summed E-state index contributed by atoms with van der Waals surface area (Å²) in [5.41, 5.74) is 1.13. The number of aromatic amines is 2. The van der Waals surface area contributed by atoms with Gasteiger partial charge in [0.2, 0.25) is 0 Å². The number of hydrogen-bond acceptors (Lipinski definition) is 3. The van der Waals surface area contributed by atoms with E-state index in [1.54, 1.807) is 30.7 Å². The molecule has 0 aromatic carbocycles. The van der Waals surface area contributed by atoms with Gasteiger partial charge in [-0.1, -0.05) is 6.07 Å². The minimum Gasteiger partial charge on any atom is -0.304 e. The van der Waals surface area contributed by atoms with Crippen LogP contribution in [0.15, 0.2) is 53.7 Å². The number of imidazole rings is 1. The standard InChI is InChI=1S/C6H5N3O.C6H5N2/c10-6-8-4-2-1-3-7-5(4)9-6;7-6-8-4-2-1-3-5-8/h1-3H,(H2,7,8,9,10);1-5H/q;+1. The van der Waals surface area contributed by atoms with Crippen LogP contribution < -0.4 is 10.3 Å². The van der Waals surface area contributed by atoms with Gasteiger partial charge in [-0.2, -0.15) is 0 Å². The molecule has 0 unspecified atom stereocenters. The van der Waals surface area contributed by atoms with E-state index in [1.165, 1.54) is 4.57 Å². The molecule has 0 aliphatic carbocycles. The molecule has 3 rings (SSSR count). The topological polar surface area (TPSA) is 89.2 Å². The summed E-state index contributed by atoms with van der Waals surface area (Å²) >= 11 is 0. The molecule has 0 spiro atoms. The maximum atomic E-state index is 10.6. The molecule has 0 aliphatic rings. The molecule has 0 saturated heterocycles. The Bertz CT molecular complexity index is 687. The highest BCUT2D eigenvalue weighted by Crippen LogP contribution is 1.98. The molecule has 3 aromatic heterocycles. The summed E-state index contributed by atoms with van der Waals surface area (Å²) in [4.78, 5) is 19.7. The van der Waals surface area contributed by atoms with Gasteiger partial charge in [0.1, 0.15) is 12.4 Å². The van der Waals surface area contributed by atoms with Crippen LogP contribution in [0.1, 0.15) is 0 Å². The van der Waals surface area contributed by atoms with Crippen molar-refractivity contribution in [3.8, 4) is 6.19 Å². The summed E-state index contributed by atoms with van der Waals surface area (Å²) in [5.74, 6) is 0. The van der Waals surface area contributed by atoms with Crippen LogP contribution in [0, 0.1) is 11.5 Å². The normalized spacial score (nSPS) is 9.28. The quantitative estimate of drug-likeness (QED) is 0.562. The third kappa shape index (κ3) is 2.80. The largest absolute Gasteiger partial charge is 0.463 e. The first-order valence-electron chi connectivity index (χ1n) is 5.19. The molecular formula is C12H10N5O+. The maximum Gasteiger partial charge on any atom is 0.463 e. The Morgan fingerprint density at radius 1 is 1.17 bits per heavy atom. The first-order valence-corrected chi connectivity index (χ1v) is 5.19. The summed E-state index contributed by atoms with van der Waals surface area (Å²) in [7, 11) is 0. The Morgan fingerprint density at radius 2 is 1.94 bits per heavy atom. The summed E-state index contributed by atoms with van der Waals surface area (Å²) in [5, 5.41) is 8.25. The molecule has 0 atom stereocenters. The van der Waals surface area contributed by atoms with Crippen molar-refractivity contribution in [1.82, 2.24) is 15.0 Å². The lowest BCUT2D eigenvalue weighted by molar-refractivity contribution is -0.586. The van der Waals surface area contributed by atoms with Crippen molar-refractivity contribution < 1.29 is 4.57 Å². The SMILES string of the molecule is N#C[n+]1ccccc1.O=c1[nH]c2cccnc2[nH]1. The second-order valence-corrected chi connectivity index (χ2v) is 3.36. The molecule has 0 amide bonds. The lowest BCUT2D eigenvalue weighted by Gasteiger charge is -1.81. The number of H-pyrrole nitrogens is 2. The lowest BCUT2D eigenvalue weighted by atomic mass is 10.4. The molecule has 0 saturated carbocycles. The van der Waals surface area contributed by atoms with Crippen LogP contribution in [0.4, 0.5) is 0 Å². The molecule has 88 valence electrons. The van der Waals surface area contributed by atoms with E-state index in [1.807, 2.05) is 24.4 Å². The maximum absolute atomic E-state index is 10.6. The molecular weight excluding hydrogens is 230 g/mol. The molecule has 0 aliphatic heterocycles. The monoisotopic (exact) mass is 240 g/mol. The number of rotatable bonds is 0. The van der Waals surface area contributed by atoms with E-state index in [4.69, 9.17) is 5.26 Å².